The lowest BCUT2D eigenvalue weighted by atomic mass is 9.97. The molecule has 0 amide bonds. The highest BCUT2D eigenvalue weighted by Gasteiger charge is 2.41. The largest absolute Gasteiger partial charge is 0.407 e. The van der Waals surface area contributed by atoms with E-state index in [2.05, 4.69) is 43.7 Å². The third-order valence-corrected chi connectivity index (χ3v) is 11.2. The first-order chi connectivity index (χ1) is 15.3. The predicted molar refractivity (Wildman–Crippen MR) is 135 cm³/mol. The van der Waals surface area contributed by atoms with E-state index >= 15 is 0 Å². The molecule has 0 saturated carbocycles. The number of carbonyl (C=O) groups excluding carboxylic acids is 1. The average Bonchev–Trinajstić information content (AvgIpc) is 3.13. The summed E-state index contributed by atoms with van der Waals surface area (Å²) >= 11 is 5.89. The summed E-state index contributed by atoms with van der Waals surface area (Å²) < 4.78 is 20.2. The summed E-state index contributed by atoms with van der Waals surface area (Å²) in [5.74, 6) is 0.0159. The normalized spacial score (nSPS) is 14.9. The van der Waals surface area contributed by atoms with Crippen LogP contribution in [-0.4, -0.2) is 56.4 Å². The predicted octanol–water partition coefficient (Wildman–Crippen LogP) is 5.88. The van der Waals surface area contributed by atoms with Gasteiger partial charge in [0.15, 0.2) is 19.9 Å². The van der Waals surface area contributed by atoms with E-state index in [-0.39, 0.29) is 28.4 Å². The second-order valence-corrected chi connectivity index (χ2v) is 15.6. The fourth-order valence-electron chi connectivity index (χ4n) is 3.56. The monoisotopic (exact) mass is 489 g/mol. The molecule has 1 unspecified atom stereocenters. The van der Waals surface area contributed by atoms with Crippen LogP contribution in [0.3, 0.4) is 0 Å². The Morgan fingerprint density at radius 3 is 2.58 bits per heavy atom. The lowest BCUT2D eigenvalue weighted by Gasteiger charge is -2.40. The number of halogens is 2. The maximum absolute atomic E-state index is 13.5. The molecule has 0 bridgehead atoms. The SMILES string of the molecule is CN(C)CC(O[Si](C)(C)C(C)(C)C)C1=Nc2nccc(C(=O)Cc3ccc(F)c(Cl)c3)c2C1. The molecule has 1 aromatic heterocycles. The van der Waals surface area contributed by atoms with Crippen LogP contribution in [0.5, 0.6) is 0 Å². The van der Waals surface area contributed by atoms with E-state index in [1.807, 2.05) is 14.1 Å². The van der Waals surface area contributed by atoms with Crippen LogP contribution >= 0.6 is 11.6 Å². The van der Waals surface area contributed by atoms with Crippen molar-refractivity contribution in [3.63, 3.8) is 0 Å². The zero-order valence-corrected chi connectivity index (χ0v) is 22.3. The third-order valence-electron chi connectivity index (χ3n) is 6.44. The van der Waals surface area contributed by atoms with Gasteiger partial charge in [-0.05, 0) is 56.0 Å². The Labute approximate surface area is 202 Å². The van der Waals surface area contributed by atoms with Gasteiger partial charge in [0, 0.05) is 36.7 Å². The number of Topliss-reactive ketones (excluding diaryl/α,β-unsaturated/α-hetero) is 1. The maximum atomic E-state index is 13.5. The number of likely N-dealkylation sites (N-methyl/N-ethyl adjacent to an activating group) is 1. The van der Waals surface area contributed by atoms with Gasteiger partial charge < -0.3 is 9.33 Å². The second-order valence-electron chi connectivity index (χ2n) is 10.4. The van der Waals surface area contributed by atoms with Crippen molar-refractivity contribution >= 4 is 37.2 Å². The number of carbonyl (C=O) groups is 1. The highest BCUT2D eigenvalue weighted by atomic mass is 35.5. The first-order valence-corrected chi connectivity index (χ1v) is 14.4. The van der Waals surface area contributed by atoms with Crippen LogP contribution in [0.15, 0.2) is 35.5 Å². The van der Waals surface area contributed by atoms with Crippen molar-refractivity contribution in [1.29, 1.82) is 0 Å². The van der Waals surface area contributed by atoms with E-state index in [1.54, 1.807) is 18.3 Å². The third kappa shape index (κ3) is 5.95. The van der Waals surface area contributed by atoms with Crippen molar-refractivity contribution in [3.05, 3.63) is 58.0 Å². The van der Waals surface area contributed by atoms with Gasteiger partial charge in [-0.25, -0.2) is 14.4 Å². The number of benzene rings is 1. The molecule has 8 heteroatoms. The molecule has 0 spiro atoms. The molecule has 1 aliphatic heterocycles. The standard InChI is InChI=1S/C25H33ClFN3O2Si/c1-25(2,3)33(6,7)32-23(15-30(4)5)21-14-18-17(10-11-28-24(18)29-21)22(31)13-16-8-9-20(27)19(26)12-16/h8-12,23H,13-15H2,1-7H3. The number of fused-ring (bicyclic) bond motifs is 1. The minimum Gasteiger partial charge on any atom is -0.407 e. The topological polar surface area (TPSA) is 54.8 Å². The molecule has 0 saturated heterocycles. The van der Waals surface area contributed by atoms with Crippen molar-refractivity contribution in [3.8, 4) is 0 Å². The summed E-state index contributed by atoms with van der Waals surface area (Å²) in [5.41, 5.74) is 2.99. The van der Waals surface area contributed by atoms with E-state index in [0.29, 0.717) is 29.9 Å². The molecule has 5 nitrogen and oxygen atoms in total. The van der Waals surface area contributed by atoms with Gasteiger partial charge in [0.2, 0.25) is 0 Å². The number of pyridine rings is 1. The fourth-order valence-corrected chi connectivity index (χ4v) is 5.04. The van der Waals surface area contributed by atoms with Crippen molar-refractivity contribution in [2.75, 3.05) is 20.6 Å². The number of aliphatic imine (C=N–C) groups is 1. The van der Waals surface area contributed by atoms with Gasteiger partial charge >= 0.3 is 0 Å². The Morgan fingerprint density at radius 2 is 1.97 bits per heavy atom. The lowest BCUT2D eigenvalue weighted by molar-refractivity contribution is 0.0992. The van der Waals surface area contributed by atoms with E-state index in [9.17, 15) is 9.18 Å². The van der Waals surface area contributed by atoms with E-state index < -0.39 is 14.1 Å². The molecule has 1 aliphatic rings. The van der Waals surface area contributed by atoms with Gasteiger partial charge in [0.1, 0.15) is 5.82 Å². The highest BCUT2D eigenvalue weighted by Crippen LogP contribution is 2.38. The summed E-state index contributed by atoms with van der Waals surface area (Å²) in [6.07, 6.45) is 2.11. The summed E-state index contributed by atoms with van der Waals surface area (Å²) in [6, 6.07) is 6.11. The van der Waals surface area contributed by atoms with E-state index in [1.165, 1.54) is 12.1 Å². The summed E-state index contributed by atoms with van der Waals surface area (Å²) in [4.78, 5) is 24.5. The Balaban J connectivity index is 1.85. The highest BCUT2D eigenvalue weighted by molar-refractivity contribution is 6.74. The number of rotatable bonds is 8. The molecule has 0 fully saturated rings. The molecule has 178 valence electrons. The van der Waals surface area contributed by atoms with Gasteiger partial charge in [-0.3, -0.25) is 4.79 Å². The van der Waals surface area contributed by atoms with Crippen molar-refractivity contribution in [2.45, 2.75) is 57.8 Å². The van der Waals surface area contributed by atoms with E-state index in [0.717, 1.165) is 11.3 Å². The van der Waals surface area contributed by atoms with Crippen molar-refractivity contribution in [1.82, 2.24) is 9.88 Å². The van der Waals surface area contributed by atoms with Crippen LogP contribution < -0.4 is 0 Å². The van der Waals surface area contributed by atoms with Gasteiger partial charge in [-0.15, -0.1) is 0 Å². The fraction of sp³-hybridized carbons (Fsp3) is 0.480. The van der Waals surface area contributed by atoms with Gasteiger partial charge in [-0.2, -0.15) is 0 Å². The maximum Gasteiger partial charge on any atom is 0.193 e. The number of hydrogen-bond acceptors (Lipinski definition) is 5. The van der Waals surface area contributed by atoms with Gasteiger partial charge in [0.05, 0.1) is 16.8 Å². The second kappa shape index (κ2) is 9.74. The molecule has 0 aliphatic carbocycles. The molecule has 1 aromatic carbocycles. The number of nitrogens with zero attached hydrogens (tertiary/aromatic N) is 3. The smallest absolute Gasteiger partial charge is 0.193 e. The Hall–Kier alpha value is -1.93. The molecule has 0 N–H and O–H groups in total. The molecule has 1 atom stereocenters. The van der Waals surface area contributed by atoms with Crippen LogP contribution in [-0.2, 0) is 17.3 Å². The molecule has 2 aromatic rings. The lowest BCUT2D eigenvalue weighted by Crippen LogP contribution is -2.49. The first kappa shape index (κ1) is 25.7. The number of aromatic nitrogens is 1. The summed E-state index contributed by atoms with van der Waals surface area (Å²) in [6.45, 7) is 11.8. The summed E-state index contributed by atoms with van der Waals surface area (Å²) in [5, 5.41) is 0.0829. The van der Waals surface area contributed by atoms with Crippen LogP contribution in [0.4, 0.5) is 10.2 Å². The minimum absolute atomic E-state index is 0.0141. The average molecular weight is 490 g/mol. The van der Waals surface area contributed by atoms with Crippen LogP contribution in [0.1, 0.15) is 42.3 Å². The van der Waals surface area contributed by atoms with Gasteiger partial charge in [0.25, 0.3) is 0 Å². The first-order valence-electron chi connectivity index (χ1n) is 11.1. The molecular formula is C25H33ClFN3O2Si. The molecular weight excluding hydrogens is 457 g/mol. The minimum atomic E-state index is -2.04. The Bertz CT molecular complexity index is 1080. The van der Waals surface area contributed by atoms with Crippen LogP contribution in [0.2, 0.25) is 23.2 Å². The van der Waals surface area contributed by atoms with E-state index in [4.69, 9.17) is 21.0 Å². The molecule has 2 heterocycles. The quantitative estimate of drug-likeness (QED) is 0.343. The summed E-state index contributed by atoms with van der Waals surface area (Å²) in [7, 11) is 2.00. The van der Waals surface area contributed by atoms with Crippen LogP contribution in [0.25, 0.3) is 0 Å². The van der Waals surface area contributed by atoms with Crippen LogP contribution in [0, 0.1) is 5.82 Å². The Kier molecular flexibility index (Phi) is 7.58. The zero-order chi connectivity index (χ0) is 24.6. The number of ketones is 1. The Morgan fingerprint density at radius 1 is 1.27 bits per heavy atom. The zero-order valence-electron chi connectivity index (χ0n) is 20.5. The molecule has 0 radical (unpaired) electrons. The molecule has 33 heavy (non-hydrogen) atoms. The van der Waals surface area contributed by atoms with Gasteiger partial charge in [-0.1, -0.05) is 38.4 Å². The van der Waals surface area contributed by atoms with Crippen molar-refractivity contribution < 1.29 is 13.6 Å². The molecule has 3 rings (SSSR count). The number of hydrogen-bond donors (Lipinski definition) is 0. The van der Waals surface area contributed by atoms with Crippen molar-refractivity contribution in [2.24, 2.45) is 4.99 Å².